The molecule has 0 aliphatic rings. The Morgan fingerprint density at radius 2 is 1.50 bits per heavy atom. The summed E-state index contributed by atoms with van der Waals surface area (Å²) in [6, 6.07) is 0. The largest absolute Gasteiger partial charge is 0.444 e. The molecule has 0 rings (SSSR count). The van der Waals surface area contributed by atoms with Crippen LogP contribution in [0.2, 0.25) is 0 Å². The molecule has 0 heterocycles. The molecule has 6 nitrogen and oxygen atoms in total. The highest BCUT2D eigenvalue weighted by Gasteiger charge is 2.30. The molecule has 0 saturated carbocycles. The van der Waals surface area contributed by atoms with Crippen molar-refractivity contribution in [3.63, 3.8) is 0 Å². The first-order chi connectivity index (χ1) is 10.9. The first-order valence-electron chi connectivity index (χ1n) is 8.91. The molecule has 0 radical (unpaired) electrons. The minimum atomic E-state index is -0.510. The van der Waals surface area contributed by atoms with Gasteiger partial charge in [-0.1, -0.05) is 0 Å². The lowest BCUT2D eigenvalue weighted by atomic mass is 10.1. The molecule has 0 saturated heterocycles. The Hall–Kier alpha value is -1.30. The van der Waals surface area contributed by atoms with Crippen LogP contribution >= 0.6 is 0 Å². The summed E-state index contributed by atoms with van der Waals surface area (Å²) in [6.07, 6.45) is 0.167. The second-order valence-corrected chi connectivity index (χ2v) is 7.87. The van der Waals surface area contributed by atoms with Gasteiger partial charge in [0.1, 0.15) is 5.60 Å². The van der Waals surface area contributed by atoms with E-state index in [1.807, 2.05) is 60.3 Å². The van der Waals surface area contributed by atoms with Crippen LogP contribution in [-0.4, -0.2) is 65.7 Å². The molecule has 1 N–H and O–H groups in total. The van der Waals surface area contributed by atoms with Gasteiger partial charge in [-0.25, -0.2) is 4.79 Å². The van der Waals surface area contributed by atoms with Crippen molar-refractivity contribution in [3.05, 3.63) is 0 Å². The van der Waals surface area contributed by atoms with Crippen LogP contribution < -0.4 is 5.32 Å². The number of nitrogens with one attached hydrogen (secondary N) is 1. The maximum Gasteiger partial charge on any atom is 0.410 e. The van der Waals surface area contributed by atoms with E-state index in [1.165, 1.54) is 0 Å². The van der Waals surface area contributed by atoms with E-state index in [1.54, 1.807) is 4.90 Å². The zero-order chi connectivity index (χ0) is 19.0. The van der Waals surface area contributed by atoms with Gasteiger partial charge >= 0.3 is 6.09 Å². The van der Waals surface area contributed by atoms with Crippen LogP contribution in [0.3, 0.4) is 0 Å². The molecule has 0 aliphatic heterocycles. The molecule has 24 heavy (non-hydrogen) atoms. The highest BCUT2D eigenvalue weighted by Crippen LogP contribution is 2.17. The standard InChI is InChI=1S/C18H37N3O3/c1-9-20(10-2)15(22)11-12-19-13-14-21(17(3,4)5)16(23)24-18(6,7)8/h19H,9-14H2,1-8H3. The summed E-state index contributed by atoms with van der Waals surface area (Å²) in [6.45, 7) is 18.8. The van der Waals surface area contributed by atoms with Gasteiger partial charge in [0, 0.05) is 44.7 Å². The monoisotopic (exact) mass is 343 g/mol. The Morgan fingerprint density at radius 3 is 1.92 bits per heavy atom. The summed E-state index contributed by atoms with van der Waals surface area (Å²) < 4.78 is 5.48. The normalized spacial score (nSPS) is 12.0. The summed E-state index contributed by atoms with van der Waals surface area (Å²) in [4.78, 5) is 27.8. The van der Waals surface area contributed by atoms with Gasteiger partial charge < -0.3 is 19.9 Å². The van der Waals surface area contributed by atoms with Crippen LogP contribution in [0.1, 0.15) is 61.8 Å². The number of carbonyl (C=O) groups excluding carboxylic acids is 2. The summed E-state index contributed by atoms with van der Waals surface area (Å²) in [7, 11) is 0. The van der Waals surface area contributed by atoms with Gasteiger partial charge in [-0.15, -0.1) is 0 Å². The molecule has 0 unspecified atom stereocenters. The maximum atomic E-state index is 12.4. The smallest absolute Gasteiger partial charge is 0.410 e. The van der Waals surface area contributed by atoms with Gasteiger partial charge in [0.15, 0.2) is 0 Å². The Bertz CT molecular complexity index is 393. The fourth-order valence-electron chi connectivity index (χ4n) is 2.26. The average Bonchev–Trinajstić information content (AvgIpc) is 2.40. The lowest BCUT2D eigenvalue weighted by Gasteiger charge is -2.37. The number of hydrogen-bond acceptors (Lipinski definition) is 4. The summed E-state index contributed by atoms with van der Waals surface area (Å²) in [5.74, 6) is 0.160. The second kappa shape index (κ2) is 9.87. The van der Waals surface area contributed by atoms with Crippen LogP contribution in [0.15, 0.2) is 0 Å². The van der Waals surface area contributed by atoms with E-state index in [0.29, 0.717) is 26.1 Å². The fourth-order valence-corrected chi connectivity index (χ4v) is 2.26. The molecule has 0 fully saturated rings. The van der Waals surface area contributed by atoms with Crippen LogP contribution in [0.25, 0.3) is 0 Å². The topological polar surface area (TPSA) is 61.9 Å². The number of nitrogens with zero attached hydrogens (tertiary/aromatic N) is 2. The van der Waals surface area contributed by atoms with Gasteiger partial charge in [-0.05, 0) is 55.4 Å². The van der Waals surface area contributed by atoms with Crippen molar-refractivity contribution in [2.75, 3.05) is 32.7 Å². The van der Waals surface area contributed by atoms with Gasteiger partial charge in [-0.3, -0.25) is 4.79 Å². The van der Waals surface area contributed by atoms with E-state index in [0.717, 1.165) is 13.1 Å². The second-order valence-electron chi connectivity index (χ2n) is 7.87. The van der Waals surface area contributed by atoms with Gasteiger partial charge in [0.05, 0.1) is 0 Å². The van der Waals surface area contributed by atoms with Gasteiger partial charge in [0.2, 0.25) is 5.91 Å². The minimum Gasteiger partial charge on any atom is -0.444 e. The predicted octanol–water partition coefficient (Wildman–Crippen LogP) is 2.87. The van der Waals surface area contributed by atoms with Crippen LogP contribution in [0.5, 0.6) is 0 Å². The zero-order valence-electron chi connectivity index (χ0n) is 16.9. The number of carbonyl (C=O) groups is 2. The van der Waals surface area contributed by atoms with Crippen LogP contribution in [-0.2, 0) is 9.53 Å². The molecular weight excluding hydrogens is 306 g/mol. The first kappa shape index (κ1) is 22.7. The quantitative estimate of drug-likeness (QED) is 0.689. The molecular formula is C18H37N3O3. The van der Waals surface area contributed by atoms with Crippen molar-refractivity contribution in [2.24, 2.45) is 0 Å². The molecule has 0 spiro atoms. The Labute approximate surface area is 147 Å². The summed E-state index contributed by atoms with van der Waals surface area (Å²) >= 11 is 0. The summed E-state index contributed by atoms with van der Waals surface area (Å²) in [5, 5.41) is 3.24. The Morgan fingerprint density at radius 1 is 0.958 bits per heavy atom. The predicted molar refractivity (Wildman–Crippen MR) is 98.1 cm³/mol. The molecule has 0 aromatic rings. The third-order valence-electron chi connectivity index (χ3n) is 3.57. The van der Waals surface area contributed by atoms with Crippen LogP contribution in [0.4, 0.5) is 4.79 Å². The molecule has 2 amide bonds. The van der Waals surface area contributed by atoms with Gasteiger partial charge in [-0.2, -0.15) is 0 Å². The molecule has 0 atom stereocenters. The Kier molecular flexibility index (Phi) is 9.33. The minimum absolute atomic E-state index is 0.160. The molecule has 0 aromatic carbocycles. The fraction of sp³-hybridized carbons (Fsp3) is 0.889. The van der Waals surface area contributed by atoms with Crippen molar-refractivity contribution in [1.29, 1.82) is 0 Å². The Balaban J connectivity index is 4.36. The van der Waals surface area contributed by atoms with Crippen molar-refractivity contribution >= 4 is 12.0 Å². The number of hydrogen-bond donors (Lipinski definition) is 1. The number of rotatable bonds is 8. The van der Waals surface area contributed by atoms with E-state index in [2.05, 4.69) is 5.32 Å². The van der Waals surface area contributed by atoms with E-state index in [9.17, 15) is 9.59 Å². The molecule has 142 valence electrons. The molecule has 6 heteroatoms. The van der Waals surface area contributed by atoms with Crippen molar-refractivity contribution < 1.29 is 14.3 Å². The van der Waals surface area contributed by atoms with Crippen molar-refractivity contribution in [2.45, 2.75) is 73.0 Å². The van der Waals surface area contributed by atoms with E-state index >= 15 is 0 Å². The maximum absolute atomic E-state index is 12.4. The van der Waals surface area contributed by atoms with E-state index < -0.39 is 5.60 Å². The van der Waals surface area contributed by atoms with Crippen LogP contribution in [0, 0.1) is 0 Å². The first-order valence-corrected chi connectivity index (χ1v) is 8.91. The third-order valence-corrected chi connectivity index (χ3v) is 3.57. The summed E-state index contributed by atoms with van der Waals surface area (Å²) in [5.41, 5.74) is -0.828. The molecule has 0 aromatic heterocycles. The molecule has 0 bridgehead atoms. The number of ether oxygens (including phenoxy) is 1. The highest BCUT2D eigenvalue weighted by atomic mass is 16.6. The average molecular weight is 344 g/mol. The molecule has 0 aliphatic carbocycles. The highest BCUT2D eigenvalue weighted by molar-refractivity contribution is 5.76. The van der Waals surface area contributed by atoms with E-state index in [4.69, 9.17) is 4.74 Å². The van der Waals surface area contributed by atoms with Gasteiger partial charge in [0.25, 0.3) is 0 Å². The third kappa shape index (κ3) is 9.11. The van der Waals surface area contributed by atoms with E-state index in [-0.39, 0.29) is 17.5 Å². The number of amides is 2. The van der Waals surface area contributed by atoms with Crippen molar-refractivity contribution in [1.82, 2.24) is 15.1 Å². The lowest BCUT2D eigenvalue weighted by molar-refractivity contribution is -0.130. The van der Waals surface area contributed by atoms with Crippen molar-refractivity contribution in [3.8, 4) is 0 Å². The SMILES string of the molecule is CCN(CC)C(=O)CCNCCN(C(=O)OC(C)(C)C)C(C)(C)C. The zero-order valence-corrected chi connectivity index (χ0v) is 16.9. The lowest BCUT2D eigenvalue weighted by Crippen LogP contribution is -2.50.